The fourth-order valence-electron chi connectivity index (χ4n) is 2.11. The zero-order chi connectivity index (χ0) is 13.1. The van der Waals surface area contributed by atoms with Crippen LogP contribution in [-0.4, -0.2) is 45.2 Å². The van der Waals surface area contributed by atoms with Crippen LogP contribution in [0.5, 0.6) is 0 Å². The van der Waals surface area contributed by atoms with Gasteiger partial charge in [0.2, 0.25) is 5.82 Å². The maximum absolute atomic E-state index is 11.9. The SMILES string of the molecule is O=C(NC[C@H]1CCCOC1)c1nc2ncccn2n1. The number of carbonyl (C=O) groups is 1. The van der Waals surface area contributed by atoms with Gasteiger partial charge in [0, 0.05) is 25.5 Å². The summed E-state index contributed by atoms with van der Waals surface area (Å²) in [6, 6.07) is 1.74. The van der Waals surface area contributed by atoms with Gasteiger partial charge in [-0.25, -0.2) is 9.50 Å². The number of rotatable bonds is 3. The Hall–Kier alpha value is -2.02. The van der Waals surface area contributed by atoms with Crippen LogP contribution in [0.15, 0.2) is 18.5 Å². The summed E-state index contributed by atoms with van der Waals surface area (Å²) >= 11 is 0. The molecule has 0 spiro atoms. The van der Waals surface area contributed by atoms with Crippen molar-refractivity contribution in [2.24, 2.45) is 5.92 Å². The number of nitrogens with one attached hydrogen (secondary N) is 1. The van der Waals surface area contributed by atoms with E-state index in [9.17, 15) is 4.79 Å². The van der Waals surface area contributed by atoms with E-state index in [2.05, 4.69) is 20.4 Å². The van der Waals surface area contributed by atoms with Gasteiger partial charge >= 0.3 is 0 Å². The summed E-state index contributed by atoms with van der Waals surface area (Å²) in [5.41, 5.74) is 0. The third kappa shape index (κ3) is 2.70. The highest BCUT2D eigenvalue weighted by Crippen LogP contribution is 2.12. The molecular weight excluding hydrogens is 246 g/mol. The molecule has 3 heterocycles. The van der Waals surface area contributed by atoms with Gasteiger partial charge in [-0.1, -0.05) is 0 Å². The molecule has 19 heavy (non-hydrogen) atoms. The van der Waals surface area contributed by atoms with E-state index in [4.69, 9.17) is 4.74 Å². The van der Waals surface area contributed by atoms with Crippen LogP contribution in [0.2, 0.25) is 0 Å². The second-order valence-electron chi connectivity index (χ2n) is 4.59. The van der Waals surface area contributed by atoms with Gasteiger partial charge in [-0.2, -0.15) is 4.98 Å². The third-order valence-electron chi connectivity index (χ3n) is 3.13. The zero-order valence-electron chi connectivity index (χ0n) is 10.5. The molecule has 3 rings (SSSR count). The Morgan fingerprint density at radius 1 is 1.58 bits per heavy atom. The highest BCUT2D eigenvalue weighted by Gasteiger charge is 2.17. The van der Waals surface area contributed by atoms with Gasteiger partial charge in [0.05, 0.1) is 6.61 Å². The van der Waals surface area contributed by atoms with Crippen molar-refractivity contribution in [1.29, 1.82) is 0 Å². The van der Waals surface area contributed by atoms with Crippen molar-refractivity contribution < 1.29 is 9.53 Å². The number of fused-ring (bicyclic) bond motifs is 1. The molecule has 0 bridgehead atoms. The van der Waals surface area contributed by atoms with Crippen molar-refractivity contribution in [3.05, 3.63) is 24.3 Å². The third-order valence-corrected chi connectivity index (χ3v) is 3.13. The lowest BCUT2D eigenvalue weighted by atomic mass is 10.0. The normalized spacial score (nSPS) is 19.5. The van der Waals surface area contributed by atoms with E-state index in [1.54, 1.807) is 18.5 Å². The van der Waals surface area contributed by atoms with Gasteiger partial charge in [-0.15, -0.1) is 5.10 Å². The quantitative estimate of drug-likeness (QED) is 0.858. The predicted octanol–water partition coefficient (Wildman–Crippen LogP) is 0.281. The maximum Gasteiger partial charge on any atom is 0.291 e. The molecule has 1 fully saturated rings. The molecule has 1 aliphatic rings. The number of hydrogen-bond acceptors (Lipinski definition) is 5. The minimum Gasteiger partial charge on any atom is -0.381 e. The van der Waals surface area contributed by atoms with Crippen LogP contribution in [-0.2, 0) is 4.74 Å². The van der Waals surface area contributed by atoms with Crippen molar-refractivity contribution >= 4 is 11.7 Å². The van der Waals surface area contributed by atoms with Crippen LogP contribution >= 0.6 is 0 Å². The molecular formula is C12H15N5O2. The van der Waals surface area contributed by atoms with Crippen molar-refractivity contribution in [2.45, 2.75) is 12.8 Å². The first-order chi connectivity index (χ1) is 9.33. The summed E-state index contributed by atoms with van der Waals surface area (Å²) in [6.07, 6.45) is 5.46. The molecule has 1 saturated heterocycles. The number of carbonyl (C=O) groups excluding carboxylic acids is 1. The molecule has 100 valence electrons. The Balaban J connectivity index is 1.63. The molecule has 7 heteroatoms. The van der Waals surface area contributed by atoms with E-state index in [-0.39, 0.29) is 11.7 Å². The zero-order valence-corrected chi connectivity index (χ0v) is 10.5. The average molecular weight is 261 g/mol. The van der Waals surface area contributed by atoms with Crippen LogP contribution < -0.4 is 5.32 Å². The molecule has 2 aromatic rings. The second kappa shape index (κ2) is 5.31. The fraction of sp³-hybridized carbons (Fsp3) is 0.500. The molecule has 1 N–H and O–H groups in total. The van der Waals surface area contributed by atoms with Gasteiger partial charge in [0.25, 0.3) is 11.7 Å². The summed E-state index contributed by atoms with van der Waals surface area (Å²) in [5.74, 6) is 0.688. The van der Waals surface area contributed by atoms with Crippen LogP contribution in [0.1, 0.15) is 23.5 Å². The smallest absolute Gasteiger partial charge is 0.291 e. The van der Waals surface area contributed by atoms with Crippen molar-refractivity contribution in [3.8, 4) is 0 Å². The van der Waals surface area contributed by atoms with E-state index in [1.165, 1.54) is 4.52 Å². The number of ether oxygens (including phenoxy) is 1. The first kappa shape index (κ1) is 12.0. The highest BCUT2D eigenvalue weighted by molar-refractivity contribution is 5.90. The van der Waals surface area contributed by atoms with Crippen molar-refractivity contribution in [3.63, 3.8) is 0 Å². The molecule has 0 radical (unpaired) electrons. The lowest BCUT2D eigenvalue weighted by molar-refractivity contribution is 0.0535. The van der Waals surface area contributed by atoms with Crippen molar-refractivity contribution in [2.75, 3.05) is 19.8 Å². The number of amides is 1. The fourth-order valence-corrected chi connectivity index (χ4v) is 2.11. The van der Waals surface area contributed by atoms with Gasteiger partial charge in [0.1, 0.15) is 0 Å². The first-order valence-corrected chi connectivity index (χ1v) is 6.36. The van der Waals surface area contributed by atoms with E-state index >= 15 is 0 Å². The van der Waals surface area contributed by atoms with Crippen LogP contribution in [0, 0.1) is 5.92 Å². The first-order valence-electron chi connectivity index (χ1n) is 6.36. The van der Waals surface area contributed by atoms with Crippen LogP contribution in [0.25, 0.3) is 5.78 Å². The van der Waals surface area contributed by atoms with E-state index in [0.717, 1.165) is 19.4 Å². The van der Waals surface area contributed by atoms with Gasteiger partial charge in [0.15, 0.2) is 0 Å². The minimum absolute atomic E-state index is 0.149. The lowest BCUT2D eigenvalue weighted by Crippen LogP contribution is -2.33. The Morgan fingerprint density at radius 2 is 2.53 bits per heavy atom. The molecule has 0 aromatic carbocycles. The maximum atomic E-state index is 11.9. The molecule has 0 unspecified atom stereocenters. The monoisotopic (exact) mass is 261 g/mol. The molecule has 1 amide bonds. The summed E-state index contributed by atoms with van der Waals surface area (Å²) in [4.78, 5) is 20.0. The summed E-state index contributed by atoms with van der Waals surface area (Å²) in [6.45, 7) is 2.13. The van der Waals surface area contributed by atoms with Gasteiger partial charge < -0.3 is 10.1 Å². The molecule has 7 nitrogen and oxygen atoms in total. The predicted molar refractivity (Wildman–Crippen MR) is 66.7 cm³/mol. The summed E-state index contributed by atoms with van der Waals surface area (Å²) < 4.78 is 6.86. The minimum atomic E-state index is -0.268. The van der Waals surface area contributed by atoms with E-state index in [0.29, 0.717) is 24.8 Å². The Labute approximate surface area is 110 Å². The number of nitrogens with zero attached hydrogens (tertiary/aromatic N) is 4. The summed E-state index contributed by atoms with van der Waals surface area (Å²) in [5, 5.41) is 6.92. The van der Waals surface area contributed by atoms with Crippen LogP contribution in [0.3, 0.4) is 0 Å². The Bertz CT molecular complexity index is 543. The lowest BCUT2D eigenvalue weighted by Gasteiger charge is -2.21. The topological polar surface area (TPSA) is 81.4 Å². The Kier molecular flexibility index (Phi) is 3.37. The largest absolute Gasteiger partial charge is 0.381 e. The van der Waals surface area contributed by atoms with Crippen molar-refractivity contribution in [1.82, 2.24) is 24.9 Å². The highest BCUT2D eigenvalue weighted by atomic mass is 16.5. The second-order valence-corrected chi connectivity index (χ2v) is 4.59. The van der Waals surface area contributed by atoms with Crippen LogP contribution in [0.4, 0.5) is 0 Å². The summed E-state index contributed by atoms with van der Waals surface area (Å²) in [7, 11) is 0. The Morgan fingerprint density at radius 3 is 3.32 bits per heavy atom. The average Bonchev–Trinajstić information content (AvgIpc) is 2.90. The number of aromatic nitrogens is 4. The molecule has 1 atom stereocenters. The number of hydrogen-bond donors (Lipinski definition) is 1. The molecule has 2 aromatic heterocycles. The standard InChI is InChI=1S/C12H15N5O2/c18-11(14-7-9-3-1-6-19-8-9)10-15-12-13-4-2-5-17(12)16-10/h2,4-5,9H,1,3,6-8H2,(H,14,18)/t9-/m1/s1. The molecule has 0 aliphatic carbocycles. The van der Waals surface area contributed by atoms with E-state index < -0.39 is 0 Å². The van der Waals surface area contributed by atoms with Gasteiger partial charge in [-0.05, 0) is 24.8 Å². The van der Waals surface area contributed by atoms with Gasteiger partial charge in [-0.3, -0.25) is 4.79 Å². The van der Waals surface area contributed by atoms with E-state index in [1.807, 2.05) is 0 Å². The molecule has 0 saturated carbocycles. The molecule has 1 aliphatic heterocycles.